The lowest BCUT2D eigenvalue weighted by Gasteiger charge is -2.32. The van der Waals surface area contributed by atoms with E-state index in [1.54, 1.807) is 16.4 Å². The Balaban J connectivity index is 1.39. The van der Waals surface area contributed by atoms with Gasteiger partial charge in [0.1, 0.15) is 6.54 Å². The molecule has 1 N–H and O–H groups in total. The standard InChI is InChI=1S/C21H24N6O3S/c1-16-7-5-6-14-26(16)31(29,30)19-12-10-18(11-13-19)22-20(28)15-27-24-21(23-25-27)17-8-3-2-4-9-17/h2-4,8-13,16H,5-7,14-15H2,1H3,(H,22,28). The first-order valence-electron chi connectivity index (χ1n) is 10.2. The Labute approximate surface area is 181 Å². The van der Waals surface area contributed by atoms with Gasteiger partial charge in [0, 0.05) is 23.8 Å². The van der Waals surface area contributed by atoms with Crippen molar-refractivity contribution in [3.63, 3.8) is 0 Å². The Morgan fingerprint density at radius 1 is 1.10 bits per heavy atom. The first kappa shape index (κ1) is 21.1. The van der Waals surface area contributed by atoms with Gasteiger partial charge in [-0.15, -0.1) is 10.2 Å². The molecule has 0 saturated carbocycles. The third kappa shape index (κ3) is 4.80. The molecule has 2 aromatic carbocycles. The van der Waals surface area contributed by atoms with Crippen molar-refractivity contribution in [1.29, 1.82) is 0 Å². The predicted octanol–water partition coefficient (Wildman–Crippen LogP) is 2.54. The van der Waals surface area contributed by atoms with Crippen molar-refractivity contribution in [2.45, 2.75) is 43.7 Å². The van der Waals surface area contributed by atoms with Gasteiger partial charge in [-0.05, 0) is 49.2 Å². The van der Waals surface area contributed by atoms with Crippen molar-refractivity contribution < 1.29 is 13.2 Å². The number of aromatic nitrogens is 4. The van der Waals surface area contributed by atoms with Crippen LogP contribution in [0.3, 0.4) is 0 Å². The highest BCUT2D eigenvalue weighted by Gasteiger charge is 2.30. The van der Waals surface area contributed by atoms with Crippen LogP contribution >= 0.6 is 0 Å². The number of tetrazole rings is 1. The fourth-order valence-corrected chi connectivity index (χ4v) is 5.32. The molecule has 1 unspecified atom stereocenters. The van der Waals surface area contributed by atoms with E-state index in [2.05, 4.69) is 20.7 Å². The van der Waals surface area contributed by atoms with Gasteiger partial charge in [0.15, 0.2) is 0 Å². The smallest absolute Gasteiger partial charge is 0.248 e. The molecular weight excluding hydrogens is 416 g/mol. The fraction of sp³-hybridized carbons (Fsp3) is 0.333. The third-order valence-corrected chi connectivity index (χ3v) is 7.28. The lowest BCUT2D eigenvalue weighted by molar-refractivity contribution is -0.117. The summed E-state index contributed by atoms with van der Waals surface area (Å²) in [5, 5.41) is 14.8. The molecule has 0 bridgehead atoms. The van der Waals surface area contributed by atoms with Crippen LogP contribution in [0.15, 0.2) is 59.5 Å². The van der Waals surface area contributed by atoms with Crippen LogP contribution in [0.25, 0.3) is 11.4 Å². The summed E-state index contributed by atoms with van der Waals surface area (Å²) in [4.78, 5) is 13.8. The molecule has 10 heteroatoms. The lowest BCUT2D eigenvalue weighted by Crippen LogP contribution is -2.41. The van der Waals surface area contributed by atoms with Crippen LogP contribution < -0.4 is 5.32 Å². The minimum atomic E-state index is -3.54. The van der Waals surface area contributed by atoms with Gasteiger partial charge in [0.2, 0.25) is 21.8 Å². The van der Waals surface area contributed by atoms with Gasteiger partial charge in [-0.3, -0.25) is 4.79 Å². The average molecular weight is 441 g/mol. The number of carbonyl (C=O) groups excluding carboxylic acids is 1. The molecule has 1 saturated heterocycles. The number of nitrogens with one attached hydrogen (secondary N) is 1. The molecule has 0 radical (unpaired) electrons. The van der Waals surface area contributed by atoms with E-state index < -0.39 is 10.0 Å². The molecule has 31 heavy (non-hydrogen) atoms. The number of hydrogen-bond donors (Lipinski definition) is 1. The van der Waals surface area contributed by atoms with Crippen molar-refractivity contribution in [2.75, 3.05) is 11.9 Å². The molecule has 1 amide bonds. The van der Waals surface area contributed by atoms with Crippen molar-refractivity contribution in [3.05, 3.63) is 54.6 Å². The summed E-state index contributed by atoms with van der Waals surface area (Å²) in [7, 11) is -3.54. The summed E-state index contributed by atoms with van der Waals surface area (Å²) in [6.07, 6.45) is 2.79. The summed E-state index contributed by atoms with van der Waals surface area (Å²) < 4.78 is 27.4. The summed E-state index contributed by atoms with van der Waals surface area (Å²) in [5.74, 6) is 0.104. The second kappa shape index (κ2) is 8.94. The van der Waals surface area contributed by atoms with Crippen LogP contribution in [-0.4, -0.2) is 51.4 Å². The number of sulfonamides is 1. The zero-order valence-corrected chi connectivity index (χ0v) is 18.0. The zero-order valence-electron chi connectivity index (χ0n) is 17.2. The Hall–Kier alpha value is -3.11. The summed E-state index contributed by atoms with van der Waals surface area (Å²) in [5.41, 5.74) is 1.31. The number of amides is 1. The number of piperidine rings is 1. The van der Waals surface area contributed by atoms with Crippen LogP contribution in [0, 0.1) is 0 Å². The van der Waals surface area contributed by atoms with E-state index in [9.17, 15) is 13.2 Å². The highest BCUT2D eigenvalue weighted by atomic mass is 32.2. The van der Waals surface area contributed by atoms with E-state index in [0.717, 1.165) is 24.8 Å². The van der Waals surface area contributed by atoms with Crippen molar-refractivity contribution in [2.24, 2.45) is 0 Å². The highest BCUT2D eigenvalue weighted by molar-refractivity contribution is 7.89. The van der Waals surface area contributed by atoms with E-state index in [1.165, 1.54) is 16.9 Å². The molecule has 3 aromatic rings. The largest absolute Gasteiger partial charge is 0.324 e. The topological polar surface area (TPSA) is 110 Å². The Kier molecular flexibility index (Phi) is 6.10. The Bertz CT molecular complexity index is 1150. The molecule has 162 valence electrons. The lowest BCUT2D eigenvalue weighted by atomic mass is 10.1. The van der Waals surface area contributed by atoms with E-state index in [0.29, 0.717) is 18.1 Å². The second-order valence-electron chi connectivity index (χ2n) is 7.54. The molecule has 1 aromatic heterocycles. The molecule has 2 heterocycles. The van der Waals surface area contributed by atoms with Crippen LogP contribution in [0.4, 0.5) is 5.69 Å². The molecule has 0 aliphatic carbocycles. The van der Waals surface area contributed by atoms with Gasteiger partial charge >= 0.3 is 0 Å². The van der Waals surface area contributed by atoms with E-state index in [1.807, 2.05) is 37.3 Å². The van der Waals surface area contributed by atoms with E-state index in [-0.39, 0.29) is 23.4 Å². The number of hydrogen-bond acceptors (Lipinski definition) is 6. The molecule has 1 aliphatic rings. The van der Waals surface area contributed by atoms with Gasteiger partial charge in [0.25, 0.3) is 0 Å². The Morgan fingerprint density at radius 2 is 1.84 bits per heavy atom. The summed E-state index contributed by atoms with van der Waals surface area (Å²) in [6.45, 7) is 2.37. The summed E-state index contributed by atoms with van der Waals surface area (Å²) >= 11 is 0. The maximum absolute atomic E-state index is 12.9. The zero-order chi connectivity index (χ0) is 21.8. The molecule has 1 fully saturated rings. The first-order valence-corrected chi connectivity index (χ1v) is 11.6. The van der Waals surface area contributed by atoms with Gasteiger partial charge in [-0.1, -0.05) is 36.8 Å². The van der Waals surface area contributed by atoms with E-state index >= 15 is 0 Å². The minimum absolute atomic E-state index is 0.00548. The maximum Gasteiger partial charge on any atom is 0.248 e. The number of benzene rings is 2. The third-order valence-electron chi connectivity index (χ3n) is 5.26. The van der Waals surface area contributed by atoms with Crippen LogP contribution in [0.5, 0.6) is 0 Å². The van der Waals surface area contributed by atoms with Crippen molar-refractivity contribution >= 4 is 21.6 Å². The predicted molar refractivity (Wildman–Crippen MR) is 116 cm³/mol. The number of nitrogens with zero attached hydrogens (tertiary/aromatic N) is 5. The molecule has 9 nitrogen and oxygen atoms in total. The normalized spacial score (nSPS) is 17.4. The summed E-state index contributed by atoms with van der Waals surface area (Å²) in [6, 6.07) is 15.6. The SMILES string of the molecule is CC1CCCCN1S(=O)(=O)c1ccc(NC(=O)Cn2nnc(-c3ccccc3)n2)cc1. The van der Waals surface area contributed by atoms with Crippen LogP contribution in [0.1, 0.15) is 26.2 Å². The fourth-order valence-electron chi connectivity index (χ4n) is 3.62. The van der Waals surface area contributed by atoms with Crippen molar-refractivity contribution in [3.8, 4) is 11.4 Å². The molecule has 1 atom stereocenters. The van der Waals surface area contributed by atoms with Gasteiger partial charge in [-0.2, -0.15) is 9.10 Å². The maximum atomic E-state index is 12.9. The van der Waals surface area contributed by atoms with Crippen LogP contribution in [-0.2, 0) is 21.4 Å². The second-order valence-corrected chi connectivity index (χ2v) is 9.43. The number of anilines is 1. The number of rotatable bonds is 6. The minimum Gasteiger partial charge on any atom is -0.324 e. The molecule has 1 aliphatic heterocycles. The average Bonchev–Trinajstić information content (AvgIpc) is 3.23. The van der Waals surface area contributed by atoms with Gasteiger partial charge < -0.3 is 5.32 Å². The highest BCUT2D eigenvalue weighted by Crippen LogP contribution is 2.25. The van der Waals surface area contributed by atoms with E-state index in [4.69, 9.17) is 0 Å². The molecular formula is C21H24N6O3S. The van der Waals surface area contributed by atoms with Gasteiger partial charge in [0.05, 0.1) is 4.90 Å². The van der Waals surface area contributed by atoms with Gasteiger partial charge in [-0.25, -0.2) is 8.42 Å². The van der Waals surface area contributed by atoms with Crippen LogP contribution in [0.2, 0.25) is 0 Å². The monoisotopic (exact) mass is 440 g/mol. The molecule has 0 spiro atoms. The van der Waals surface area contributed by atoms with Crippen molar-refractivity contribution in [1.82, 2.24) is 24.5 Å². The number of carbonyl (C=O) groups is 1. The quantitative estimate of drug-likeness (QED) is 0.631. The Morgan fingerprint density at radius 3 is 2.55 bits per heavy atom. The molecule has 4 rings (SSSR count). The first-order chi connectivity index (χ1) is 14.9.